The molecule has 3 aromatic heterocycles. The molecule has 3 aromatic rings. The van der Waals surface area contributed by atoms with Gasteiger partial charge in [-0.2, -0.15) is 5.10 Å². The van der Waals surface area contributed by atoms with Crippen LogP contribution in [0.3, 0.4) is 0 Å². The van der Waals surface area contributed by atoms with Crippen LogP contribution < -0.4 is 5.56 Å². The molecule has 7 nitrogen and oxygen atoms in total. The number of hydrogen-bond acceptors (Lipinski definition) is 3. The zero-order chi connectivity index (χ0) is 18.5. The van der Waals surface area contributed by atoms with E-state index in [1.165, 1.54) is 0 Å². The molecule has 138 valence electrons. The molecular formula is C20H21N5O2. The number of nitrogens with one attached hydrogen (secondary N) is 1. The Morgan fingerprint density at radius 3 is 2.89 bits per heavy atom. The SMILES string of the molecule is Cn1cccc1-c1cc(C(=O)N2C[C@H]3C[C@@H](C2)c2cccc(=O)n2C3)[nH]n1. The van der Waals surface area contributed by atoms with Gasteiger partial charge in [0.25, 0.3) is 11.5 Å². The predicted octanol–water partition coefficient (Wildman–Crippen LogP) is 1.84. The van der Waals surface area contributed by atoms with Gasteiger partial charge >= 0.3 is 0 Å². The molecule has 0 saturated carbocycles. The summed E-state index contributed by atoms with van der Waals surface area (Å²) in [6, 6.07) is 11.2. The highest BCUT2D eigenvalue weighted by molar-refractivity contribution is 5.93. The third-order valence-corrected chi connectivity index (χ3v) is 5.78. The number of carbonyl (C=O) groups is 1. The molecule has 27 heavy (non-hydrogen) atoms. The molecule has 5 heterocycles. The molecule has 2 aliphatic rings. The highest BCUT2D eigenvalue weighted by Crippen LogP contribution is 2.35. The van der Waals surface area contributed by atoms with Crippen LogP contribution in [-0.4, -0.2) is 43.2 Å². The lowest BCUT2D eigenvalue weighted by Crippen LogP contribution is -2.49. The summed E-state index contributed by atoms with van der Waals surface area (Å²) in [7, 11) is 1.96. The van der Waals surface area contributed by atoms with E-state index in [9.17, 15) is 9.59 Å². The first kappa shape index (κ1) is 16.1. The molecule has 1 amide bonds. The number of carbonyl (C=O) groups excluding carboxylic acids is 1. The van der Waals surface area contributed by atoms with Gasteiger partial charge in [-0.3, -0.25) is 14.7 Å². The molecule has 2 atom stereocenters. The number of likely N-dealkylation sites (tertiary alicyclic amines) is 1. The number of aryl methyl sites for hydroxylation is 1. The number of H-pyrrole nitrogens is 1. The number of fused-ring (bicyclic) bond motifs is 4. The van der Waals surface area contributed by atoms with Crippen LogP contribution in [0.5, 0.6) is 0 Å². The van der Waals surface area contributed by atoms with Crippen molar-refractivity contribution in [2.75, 3.05) is 13.1 Å². The third-order valence-electron chi connectivity index (χ3n) is 5.78. The monoisotopic (exact) mass is 363 g/mol. The fourth-order valence-corrected chi connectivity index (χ4v) is 4.52. The zero-order valence-electron chi connectivity index (χ0n) is 15.1. The van der Waals surface area contributed by atoms with Gasteiger partial charge in [0.2, 0.25) is 0 Å². The Hall–Kier alpha value is -3.09. The number of piperidine rings is 1. The average Bonchev–Trinajstić information content (AvgIpc) is 3.30. The first-order valence-corrected chi connectivity index (χ1v) is 9.26. The van der Waals surface area contributed by atoms with E-state index in [-0.39, 0.29) is 17.4 Å². The van der Waals surface area contributed by atoms with Crippen molar-refractivity contribution in [3.05, 3.63) is 64.3 Å². The maximum absolute atomic E-state index is 13.1. The van der Waals surface area contributed by atoms with E-state index in [1.54, 1.807) is 6.07 Å². The second kappa shape index (κ2) is 5.97. The highest BCUT2D eigenvalue weighted by atomic mass is 16.2. The summed E-state index contributed by atoms with van der Waals surface area (Å²) in [5.41, 5.74) is 3.35. The molecule has 1 saturated heterocycles. The van der Waals surface area contributed by atoms with Crippen molar-refractivity contribution in [3.63, 3.8) is 0 Å². The van der Waals surface area contributed by atoms with Crippen molar-refractivity contribution in [2.24, 2.45) is 13.0 Å². The number of nitrogens with zero attached hydrogens (tertiary/aromatic N) is 4. The Morgan fingerprint density at radius 2 is 2.07 bits per heavy atom. The summed E-state index contributed by atoms with van der Waals surface area (Å²) in [6.07, 6.45) is 2.99. The van der Waals surface area contributed by atoms with Gasteiger partial charge in [-0.1, -0.05) is 6.07 Å². The number of hydrogen-bond donors (Lipinski definition) is 1. The van der Waals surface area contributed by atoms with Gasteiger partial charge in [0.15, 0.2) is 0 Å². The topological polar surface area (TPSA) is 75.9 Å². The minimum Gasteiger partial charge on any atom is -0.349 e. The van der Waals surface area contributed by atoms with Crippen LogP contribution in [0.25, 0.3) is 11.4 Å². The molecule has 0 aromatic carbocycles. The van der Waals surface area contributed by atoms with Crippen LogP contribution in [0.4, 0.5) is 0 Å². The minimum absolute atomic E-state index is 0.0237. The zero-order valence-corrected chi connectivity index (χ0v) is 15.1. The van der Waals surface area contributed by atoms with Gasteiger partial charge in [0, 0.05) is 50.6 Å². The smallest absolute Gasteiger partial charge is 0.271 e. The van der Waals surface area contributed by atoms with Crippen LogP contribution in [-0.2, 0) is 13.6 Å². The Labute approximate surface area is 156 Å². The largest absolute Gasteiger partial charge is 0.349 e. The van der Waals surface area contributed by atoms with Gasteiger partial charge in [0.05, 0.1) is 5.69 Å². The van der Waals surface area contributed by atoms with E-state index < -0.39 is 0 Å². The molecule has 1 fully saturated rings. The molecule has 0 spiro atoms. The summed E-state index contributed by atoms with van der Waals surface area (Å²) in [6.45, 7) is 2.00. The summed E-state index contributed by atoms with van der Waals surface area (Å²) in [4.78, 5) is 27.1. The minimum atomic E-state index is -0.0237. The van der Waals surface area contributed by atoms with Crippen LogP contribution in [0.2, 0.25) is 0 Å². The molecule has 2 aliphatic heterocycles. The van der Waals surface area contributed by atoms with E-state index in [4.69, 9.17) is 0 Å². The van der Waals surface area contributed by atoms with Gasteiger partial charge < -0.3 is 14.0 Å². The second-order valence-electron chi connectivity index (χ2n) is 7.58. The Morgan fingerprint density at radius 1 is 1.19 bits per heavy atom. The second-order valence-corrected chi connectivity index (χ2v) is 7.58. The fourth-order valence-electron chi connectivity index (χ4n) is 4.52. The lowest BCUT2D eigenvalue weighted by Gasteiger charge is -2.42. The first-order chi connectivity index (χ1) is 13.1. The van der Waals surface area contributed by atoms with Crippen LogP contribution >= 0.6 is 0 Å². The third kappa shape index (κ3) is 2.61. The van der Waals surface area contributed by atoms with Crippen LogP contribution in [0.1, 0.15) is 28.5 Å². The van der Waals surface area contributed by atoms with Gasteiger partial charge in [-0.05, 0) is 36.6 Å². The number of aromatic amines is 1. The van der Waals surface area contributed by atoms with Crippen LogP contribution in [0.15, 0.2) is 47.4 Å². The normalized spacial score (nSPS) is 21.1. The lowest BCUT2D eigenvalue weighted by atomic mass is 9.83. The van der Waals surface area contributed by atoms with Crippen molar-refractivity contribution in [1.82, 2.24) is 24.2 Å². The Bertz CT molecular complexity index is 1080. The van der Waals surface area contributed by atoms with Crippen molar-refractivity contribution in [3.8, 4) is 11.4 Å². The molecule has 1 N–H and O–H groups in total. The van der Waals surface area contributed by atoms with E-state index in [2.05, 4.69) is 10.2 Å². The standard InChI is InChI=1S/C20H21N5O2/c1-23-7-3-5-18(23)15-9-16(22-21-15)20(27)24-10-13-8-14(12-24)17-4-2-6-19(26)25(17)11-13/h2-7,9,13-14H,8,10-12H2,1H3,(H,21,22)/t13-,14+/m1/s1. The van der Waals surface area contributed by atoms with E-state index in [1.807, 2.05) is 57.6 Å². The highest BCUT2D eigenvalue weighted by Gasteiger charge is 2.36. The Balaban J connectivity index is 1.41. The van der Waals surface area contributed by atoms with E-state index in [0.717, 1.165) is 23.5 Å². The summed E-state index contributed by atoms with van der Waals surface area (Å²) >= 11 is 0. The number of pyridine rings is 1. The first-order valence-electron chi connectivity index (χ1n) is 9.26. The van der Waals surface area contributed by atoms with Crippen molar-refractivity contribution >= 4 is 5.91 Å². The van der Waals surface area contributed by atoms with Gasteiger partial charge in [-0.25, -0.2) is 0 Å². The predicted molar refractivity (Wildman–Crippen MR) is 100 cm³/mol. The molecule has 7 heteroatoms. The molecular weight excluding hydrogens is 342 g/mol. The van der Waals surface area contributed by atoms with Gasteiger partial charge in [-0.15, -0.1) is 0 Å². The van der Waals surface area contributed by atoms with Crippen LogP contribution in [0, 0.1) is 5.92 Å². The van der Waals surface area contributed by atoms with E-state index >= 15 is 0 Å². The summed E-state index contributed by atoms with van der Waals surface area (Å²) in [5.74, 6) is 0.505. The maximum Gasteiger partial charge on any atom is 0.271 e. The molecule has 0 unspecified atom stereocenters. The number of amides is 1. The molecule has 0 radical (unpaired) electrons. The summed E-state index contributed by atoms with van der Waals surface area (Å²) in [5, 5.41) is 7.22. The number of aromatic nitrogens is 4. The number of rotatable bonds is 2. The Kier molecular flexibility index (Phi) is 3.56. The molecule has 2 bridgehead atoms. The molecule has 0 aliphatic carbocycles. The van der Waals surface area contributed by atoms with Crippen molar-refractivity contribution in [2.45, 2.75) is 18.9 Å². The fraction of sp³-hybridized carbons (Fsp3) is 0.350. The van der Waals surface area contributed by atoms with Crippen molar-refractivity contribution < 1.29 is 4.79 Å². The summed E-state index contributed by atoms with van der Waals surface area (Å²) < 4.78 is 3.86. The van der Waals surface area contributed by atoms with Gasteiger partial charge in [0.1, 0.15) is 11.4 Å². The quantitative estimate of drug-likeness (QED) is 0.755. The maximum atomic E-state index is 13.1. The van der Waals surface area contributed by atoms with Crippen molar-refractivity contribution in [1.29, 1.82) is 0 Å². The van der Waals surface area contributed by atoms with E-state index in [0.29, 0.717) is 31.2 Å². The molecule has 5 rings (SSSR count). The average molecular weight is 363 g/mol. The lowest BCUT2D eigenvalue weighted by molar-refractivity contribution is 0.0588.